The second kappa shape index (κ2) is 4.66. The number of rotatable bonds is 3. The Morgan fingerprint density at radius 2 is 2.25 bits per heavy atom. The topological polar surface area (TPSA) is 46.3 Å². The van der Waals surface area contributed by atoms with Crippen LogP contribution in [0.1, 0.15) is 24.0 Å². The second-order valence-electron chi connectivity index (χ2n) is 4.46. The molecule has 3 nitrogen and oxygen atoms in total. The molecular formula is C13H18N2O. The molecule has 0 saturated carbocycles. The summed E-state index contributed by atoms with van der Waals surface area (Å²) in [7, 11) is 0. The molecule has 1 heterocycles. The van der Waals surface area contributed by atoms with Crippen molar-refractivity contribution in [2.24, 2.45) is 5.73 Å². The number of primary amides is 1. The molecule has 0 aliphatic carbocycles. The van der Waals surface area contributed by atoms with Gasteiger partial charge in [-0.25, -0.2) is 0 Å². The molecule has 0 radical (unpaired) electrons. The maximum Gasteiger partial charge on any atom is 0.234 e. The van der Waals surface area contributed by atoms with Crippen molar-refractivity contribution in [1.29, 1.82) is 0 Å². The predicted octanol–water partition coefficient (Wildman–Crippen LogP) is 1.44. The van der Waals surface area contributed by atoms with Gasteiger partial charge in [0, 0.05) is 6.54 Å². The third kappa shape index (κ3) is 2.25. The first-order chi connectivity index (χ1) is 7.68. The van der Waals surface area contributed by atoms with Crippen molar-refractivity contribution in [3.05, 3.63) is 35.4 Å². The van der Waals surface area contributed by atoms with E-state index in [2.05, 4.69) is 24.0 Å². The zero-order valence-electron chi connectivity index (χ0n) is 9.65. The lowest BCUT2D eigenvalue weighted by molar-refractivity contribution is -0.122. The summed E-state index contributed by atoms with van der Waals surface area (Å²) in [5.41, 5.74) is 7.96. The number of hydrogen-bond acceptors (Lipinski definition) is 2. The molecular weight excluding hydrogens is 200 g/mol. The van der Waals surface area contributed by atoms with E-state index in [-0.39, 0.29) is 11.9 Å². The van der Waals surface area contributed by atoms with Crippen LogP contribution in [0.25, 0.3) is 0 Å². The van der Waals surface area contributed by atoms with Gasteiger partial charge >= 0.3 is 0 Å². The lowest BCUT2D eigenvalue weighted by Gasteiger charge is -2.22. The third-order valence-electron chi connectivity index (χ3n) is 3.33. The van der Waals surface area contributed by atoms with Gasteiger partial charge in [-0.15, -0.1) is 0 Å². The number of carbonyl (C=O) groups excluding carboxylic acids is 1. The van der Waals surface area contributed by atoms with Crippen molar-refractivity contribution in [3.63, 3.8) is 0 Å². The molecule has 0 aromatic heterocycles. The van der Waals surface area contributed by atoms with E-state index in [1.54, 1.807) is 0 Å². The molecule has 1 aliphatic rings. The van der Waals surface area contributed by atoms with Crippen molar-refractivity contribution in [3.8, 4) is 0 Å². The Balaban J connectivity index is 2.10. The van der Waals surface area contributed by atoms with Gasteiger partial charge in [0.1, 0.15) is 0 Å². The minimum absolute atomic E-state index is 0.0698. The average molecular weight is 218 g/mol. The minimum Gasteiger partial charge on any atom is -0.368 e. The monoisotopic (exact) mass is 218 g/mol. The maximum atomic E-state index is 11.3. The number of aryl methyl sites for hydroxylation is 1. The average Bonchev–Trinajstić information content (AvgIpc) is 2.69. The Hall–Kier alpha value is -1.35. The van der Waals surface area contributed by atoms with Gasteiger partial charge in [-0.1, -0.05) is 24.3 Å². The smallest absolute Gasteiger partial charge is 0.234 e. The number of likely N-dealkylation sites (tertiary alicyclic amines) is 1. The predicted molar refractivity (Wildman–Crippen MR) is 63.8 cm³/mol. The first kappa shape index (κ1) is 11.1. The summed E-state index contributed by atoms with van der Waals surface area (Å²) in [4.78, 5) is 13.5. The molecule has 86 valence electrons. The molecule has 1 aromatic rings. The molecule has 1 amide bonds. The molecule has 1 aromatic carbocycles. The molecule has 16 heavy (non-hydrogen) atoms. The molecule has 1 fully saturated rings. The van der Waals surface area contributed by atoms with Gasteiger partial charge in [0.15, 0.2) is 0 Å². The van der Waals surface area contributed by atoms with Gasteiger partial charge in [-0.05, 0) is 37.4 Å². The molecule has 3 heteroatoms. The van der Waals surface area contributed by atoms with Crippen LogP contribution in [0.5, 0.6) is 0 Å². The zero-order chi connectivity index (χ0) is 11.5. The van der Waals surface area contributed by atoms with Crippen LogP contribution < -0.4 is 5.73 Å². The van der Waals surface area contributed by atoms with Crippen LogP contribution in [0, 0.1) is 6.92 Å². The standard InChI is InChI=1S/C13H18N2O/c1-10-5-2-3-6-11(10)9-15-8-4-7-12(15)13(14)16/h2-3,5-6,12H,4,7-9H2,1H3,(H2,14,16). The molecule has 1 atom stereocenters. The summed E-state index contributed by atoms with van der Waals surface area (Å²) in [6, 6.07) is 8.22. The van der Waals surface area contributed by atoms with E-state index in [0.29, 0.717) is 0 Å². The fraction of sp³-hybridized carbons (Fsp3) is 0.462. The van der Waals surface area contributed by atoms with Crippen molar-refractivity contribution in [2.75, 3.05) is 6.54 Å². The van der Waals surface area contributed by atoms with E-state index in [0.717, 1.165) is 25.9 Å². The van der Waals surface area contributed by atoms with Crippen molar-refractivity contribution < 1.29 is 4.79 Å². The summed E-state index contributed by atoms with van der Waals surface area (Å²) in [6.45, 7) is 3.91. The van der Waals surface area contributed by atoms with E-state index in [1.165, 1.54) is 11.1 Å². The Morgan fingerprint density at radius 1 is 1.50 bits per heavy atom. The lowest BCUT2D eigenvalue weighted by atomic mass is 10.1. The van der Waals surface area contributed by atoms with Crippen LogP contribution >= 0.6 is 0 Å². The Kier molecular flexibility index (Phi) is 3.25. The molecule has 2 N–H and O–H groups in total. The van der Waals surface area contributed by atoms with E-state index in [1.807, 2.05) is 12.1 Å². The fourth-order valence-electron chi connectivity index (χ4n) is 2.34. The summed E-state index contributed by atoms with van der Waals surface area (Å²) >= 11 is 0. The summed E-state index contributed by atoms with van der Waals surface area (Å²) in [5, 5.41) is 0. The van der Waals surface area contributed by atoms with Gasteiger partial charge in [-0.2, -0.15) is 0 Å². The molecule has 2 rings (SSSR count). The first-order valence-corrected chi connectivity index (χ1v) is 5.76. The zero-order valence-corrected chi connectivity index (χ0v) is 9.65. The largest absolute Gasteiger partial charge is 0.368 e. The minimum atomic E-state index is -0.189. The van der Waals surface area contributed by atoms with E-state index >= 15 is 0 Å². The second-order valence-corrected chi connectivity index (χ2v) is 4.46. The maximum absolute atomic E-state index is 11.3. The van der Waals surface area contributed by atoms with Crippen LogP contribution in [0.3, 0.4) is 0 Å². The highest BCUT2D eigenvalue weighted by Gasteiger charge is 2.28. The van der Waals surface area contributed by atoms with Crippen LogP contribution in [0.15, 0.2) is 24.3 Å². The van der Waals surface area contributed by atoms with Crippen LogP contribution in [0.2, 0.25) is 0 Å². The quantitative estimate of drug-likeness (QED) is 0.834. The van der Waals surface area contributed by atoms with Gasteiger partial charge in [0.2, 0.25) is 5.91 Å². The van der Waals surface area contributed by atoms with E-state index in [4.69, 9.17) is 5.73 Å². The number of amides is 1. The Morgan fingerprint density at radius 3 is 2.94 bits per heavy atom. The van der Waals surface area contributed by atoms with Crippen molar-refractivity contribution >= 4 is 5.91 Å². The SMILES string of the molecule is Cc1ccccc1CN1CCCC1C(N)=O. The Labute approximate surface area is 96.2 Å². The highest BCUT2D eigenvalue weighted by molar-refractivity contribution is 5.80. The Bertz CT molecular complexity index is 389. The number of carbonyl (C=O) groups is 1. The van der Waals surface area contributed by atoms with Gasteiger partial charge in [-0.3, -0.25) is 9.69 Å². The summed E-state index contributed by atoms with van der Waals surface area (Å²) < 4.78 is 0. The number of nitrogens with zero attached hydrogens (tertiary/aromatic N) is 1. The first-order valence-electron chi connectivity index (χ1n) is 5.76. The van der Waals surface area contributed by atoms with Crippen LogP contribution in [-0.2, 0) is 11.3 Å². The molecule has 1 aliphatic heterocycles. The van der Waals surface area contributed by atoms with E-state index in [9.17, 15) is 4.79 Å². The molecule has 1 saturated heterocycles. The number of benzene rings is 1. The van der Waals surface area contributed by atoms with E-state index < -0.39 is 0 Å². The van der Waals surface area contributed by atoms with Gasteiger partial charge in [0.05, 0.1) is 6.04 Å². The molecule has 0 spiro atoms. The number of hydrogen-bond donors (Lipinski definition) is 1. The summed E-state index contributed by atoms with van der Waals surface area (Å²) in [5.74, 6) is -0.189. The van der Waals surface area contributed by atoms with Crippen LogP contribution in [-0.4, -0.2) is 23.4 Å². The third-order valence-corrected chi connectivity index (χ3v) is 3.33. The number of nitrogens with two attached hydrogens (primary N) is 1. The lowest BCUT2D eigenvalue weighted by Crippen LogP contribution is -2.39. The normalized spacial score (nSPS) is 21.2. The van der Waals surface area contributed by atoms with Crippen LogP contribution in [0.4, 0.5) is 0 Å². The fourth-order valence-corrected chi connectivity index (χ4v) is 2.34. The van der Waals surface area contributed by atoms with Gasteiger partial charge in [0.25, 0.3) is 0 Å². The van der Waals surface area contributed by atoms with Crippen molar-refractivity contribution in [1.82, 2.24) is 4.90 Å². The highest BCUT2D eigenvalue weighted by Crippen LogP contribution is 2.20. The molecule has 1 unspecified atom stereocenters. The highest BCUT2D eigenvalue weighted by atomic mass is 16.1. The van der Waals surface area contributed by atoms with Gasteiger partial charge < -0.3 is 5.73 Å². The molecule has 0 bridgehead atoms. The summed E-state index contributed by atoms with van der Waals surface area (Å²) in [6.07, 6.45) is 1.97. The van der Waals surface area contributed by atoms with Crippen molar-refractivity contribution in [2.45, 2.75) is 32.4 Å².